The van der Waals surface area contributed by atoms with E-state index in [-0.39, 0.29) is 5.54 Å². The zero-order valence-electron chi connectivity index (χ0n) is 16.5. The van der Waals surface area contributed by atoms with Crippen LogP contribution < -0.4 is 5.32 Å². The van der Waals surface area contributed by atoms with Gasteiger partial charge in [-0.2, -0.15) is 5.26 Å². The van der Waals surface area contributed by atoms with E-state index in [0.717, 1.165) is 70.5 Å². The zero-order chi connectivity index (χ0) is 18.8. The van der Waals surface area contributed by atoms with E-state index < -0.39 is 0 Å². The van der Waals surface area contributed by atoms with Crippen LogP contribution in [-0.4, -0.2) is 54.6 Å². The molecular weight excluding hydrogens is 320 g/mol. The molecule has 0 radical (unpaired) electrons. The van der Waals surface area contributed by atoms with Crippen LogP contribution in [-0.2, 0) is 0 Å². The minimum absolute atomic E-state index is 0.156. The third-order valence-electron chi connectivity index (χ3n) is 5.71. The first-order valence-electron chi connectivity index (χ1n) is 9.91. The second-order valence-corrected chi connectivity index (χ2v) is 7.46. The summed E-state index contributed by atoms with van der Waals surface area (Å²) < 4.78 is 0. The van der Waals surface area contributed by atoms with E-state index in [1.54, 1.807) is 0 Å². The molecule has 142 valence electrons. The van der Waals surface area contributed by atoms with Crippen molar-refractivity contribution in [1.29, 1.82) is 5.26 Å². The van der Waals surface area contributed by atoms with Crippen molar-refractivity contribution >= 4 is 0 Å². The molecule has 0 amide bonds. The average Bonchev–Trinajstić information content (AvgIpc) is 2.70. The molecule has 0 aromatic heterocycles. The van der Waals surface area contributed by atoms with Crippen LogP contribution in [0, 0.1) is 11.3 Å². The fourth-order valence-electron chi connectivity index (χ4n) is 3.64. The van der Waals surface area contributed by atoms with Gasteiger partial charge in [-0.25, -0.2) is 0 Å². The van der Waals surface area contributed by atoms with Crippen LogP contribution >= 0.6 is 0 Å². The Bertz CT molecular complexity index is 588. The van der Waals surface area contributed by atoms with Crippen molar-refractivity contribution in [1.82, 2.24) is 15.1 Å². The van der Waals surface area contributed by atoms with Crippen molar-refractivity contribution in [3.63, 3.8) is 0 Å². The Balaban J connectivity index is 1.83. The van der Waals surface area contributed by atoms with E-state index in [4.69, 9.17) is 5.26 Å². The van der Waals surface area contributed by atoms with Crippen molar-refractivity contribution < 1.29 is 0 Å². The largest absolute Gasteiger partial charge is 0.386 e. The van der Waals surface area contributed by atoms with Crippen molar-refractivity contribution in [2.45, 2.75) is 45.1 Å². The van der Waals surface area contributed by atoms with Crippen LogP contribution in [0.25, 0.3) is 0 Å². The molecule has 26 heavy (non-hydrogen) atoms. The number of hydrogen-bond donors (Lipinski definition) is 1. The van der Waals surface area contributed by atoms with Gasteiger partial charge < -0.3 is 10.2 Å². The highest BCUT2D eigenvalue weighted by Crippen LogP contribution is 2.22. The lowest BCUT2D eigenvalue weighted by Gasteiger charge is -2.46. The Labute approximate surface area is 159 Å². The maximum absolute atomic E-state index is 9.09. The summed E-state index contributed by atoms with van der Waals surface area (Å²) in [4.78, 5) is 5.20. The van der Waals surface area contributed by atoms with Gasteiger partial charge in [0.05, 0.1) is 6.07 Å². The molecule has 0 spiro atoms. The smallest absolute Gasteiger partial charge is 0.0988 e. The molecule has 1 N–H and O–H groups in total. The molecule has 1 unspecified atom stereocenters. The number of piperazine rings is 1. The average molecular weight is 355 g/mol. The molecule has 0 aromatic rings. The highest BCUT2D eigenvalue weighted by molar-refractivity contribution is 5.37. The van der Waals surface area contributed by atoms with Crippen molar-refractivity contribution in [3.05, 3.63) is 48.2 Å². The summed E-state index contributed by atoms with van der Waals surface area (Å²) >= 11 is 0. The van der Waals surface area contributed by atoms with Crippen molar-refractivity contribution in [2.75, 3.05) is 39.3 Å². The minimum Gasteiger partial charge on any atom is -0.386 e. The summed E-state index contributed by atoms with van der Waals surface area (Å²) in [5.41, 5.74) is 2.15. The first-order chi connectivity index (χ1) is 12.6. The zero-order valence-corrected chi connectivity index (χ0v) is 16.5. The molecule has 1 saturated heterocycles. The summed E-state index contributed by atoms with van der Waals surface area (Å²) in [6, 6.07) is 2.26. The monoisotopic (exact) mass is 354 g/mol. The minimum atomic E-state index is 0.156. The Morgan fingerprint density at radius 3 is 2.77 bits per heavy atom. The molecule has 0 bridgehead atoms. The van der Waals surface area contributed by atoms with E-state index >= 15 is 0 Å². The molecule has 0 aromatic carbocycles. The van der Waals surface area contributed by atoms with Gasteiger partial charge in [-0.3, -0.25) is 4.90 Å². The molecule has 1 atom stereocenters. The topological polar surface area (TPSA) is 42.3 Å². The Morgan fingerprint density at radius 2 is 2.12 bits per heavy atom. The van der Waals surface area contributed by atoms with Crippen LogP contribution in [0.1, 0.15) is 39.5 Å². The highest BCUT2D eigenvalue weighted by Gasteiger charge is 2.32. The van der Waals surface area contributed by atoms with E-state index in [2.05, 4.69) is 47.7 Å². The molecule has 1 heterocycles. The Kier molecular flexibility index (Phi) is 8.15. The highest BCUT2D eigenvalue weighted by atomic mass is 15.3. The van der Waals surface area contributed by atoms with Gasteiger partial charge in [-0.1, -0.05) is 37.8 Å². The van der Waals surface area contributed by atoms with Gasteiger partial charge in [0.1, 0.15) is 0 Å². The number of rotatable bonds is 9. The number of hydrogen-bond acceptors (Lipinski definition) is 4. The predicted octanol–water partition coefficient (Wildman–Crippen LogP) is 3.62. The Morgan fingerprint density at radius 1 is 1.35 bits per heavy atom. The fourth-order valence-corrected chi connectivity index (χ4v) is 3.64. The maximum atomic E-state index is 9.09. The Hall–Kier alpha value is -1.83. The molecule has 4 nitrogen and oxygen atoms in total. The summed E-state index contributed by atoms with van der Waals surface area (Å²) in [6.45, 7) is 15.0. The van der Waals surface area contributed by atoms with Crippen LogP contribution in [0.15, 0.2) is 48.2 Å². The first-order valence-corrected chi connectivity index (χ1v) is 9.91. The molecular formula is C22H34N4. The van der Waals surface area contributed by atoms with Crippen LogP contribution in [0.4, 0.5) is 0 Å². The quantitative estimate of drug-likeness (QED) is 0.642. The fraction of sp³-hybridized carbons (Fsp3) is 0.591. The summed E-state index contributed by atoms with van der Waals surface area (Å²) in [5, 5.41) is 12.7. The summed E-state index contributed by atoms with van der Waals surface area (Å²) in [6.07, 6.45) is 14.3. The second-order valence-electron chi connectivity index (χ2n) is 7.46. The van der Waals surface area contributed by atoms with Gasteiger partial charge in [-0.15, -0.1) is 0 Å². The second kappa shape index (κ2) is 10.4. The van der Waals surface area contributed by atoms with Crippen molar-refractivity contribution in [2.24, 2.45) is 0 Å². The SMILES string of the molecule is C=C/C=C\CCN1CCN(C(C)(CC)CNC2=CC(C#N)=CCC2)CC1. The van der Waals surface area contributed by atoms with E-state index in [1.165, 1.54) is 5.70 Å². The van der Waals surface area contributed by atoms with Gasteiger partial charge in [0, 0.05) is 56.1 Å². The lowest BCUT2D eigenvalue weighted by molar-refractivity contribution is 0.0410. The maximum Gasteiger partial charge on any atom is 0.0988 e. The third kappa shape index (κ3) is 5.86. The first kappa shape index (κ1) is 20.5. The van der Waals surface area contributed by atoms with E-state index in [1.807, 2.05) is 24.3 Å². The van der Waals surface area contributed by atoms with Gasteiger partial charge in [0.2, 0.25) is 0 Å². The van der Waals surface area contributed by atoms with Gasteiger partial charge in [0.25, 0.3) is 0 Å². The lowest BCUT2D eigenvalue weighted by atomic mass is 9.94. The molecule has 2 aliphatic rings. The van der Waals surface area contributed by atoms with Gasteiger partial charge in [0.15, 0.2) is 0 Å². The third-order valence-corrected chi connectivity index (χ3v) is 5.71. The standard InChI is InChI=1S/C22H34N4/c1-4-6-7-8-12-25-13-15-26(16-14-25)22(3,5-2)19-24-21-11-9-10-20(17-21)18-23/h4,6-7,10,17,24H,1,5,8-9,11-16,19H2,2-3H3/b7-6-. The normalized spacial score (nSPS) is 21.6. The molecule has 2 rings (SSSR count). The molecule has 4 heteroatoms. The number of nitrogens with zero attached hydrogens (tertiary/aromatic N) is 3. The van der Waals surface area contributed by atoms with E-state index in [0.29, 0.717) is 0 Å². The van der Waals surface area contributed by atoms with E-state index in [9.17, 15) is 0 Å². The molecule has 1 aliphatic heterocycles. The number of nitriles is 1. The summed E-state index contributed by atoms with van der Waals surface area (Å²) in [5.74, 6) is 0. The van der Waals surface area contributed by atoms with Crippen LogP contribution in [0.2, 0.25) is 0 Å². The predicted molar refractivity (Wildman–Crippen MR) is 110 cm³/mol. The molecule has 1 aliphatic carbocycles. The summed E-state index contributed by atoms with van der Waals surface area (Å²) in [7, 11) is 0. The molecule has 1 fully saturated rings. The number of nitrogens with one attached hydrogen (secondary N) is 1. The van der Waals surface area contributed by atoms with Gasteiger partial charge >= 0.3 is 0 Å². The molecule has 0 saturated carbocycles. The van der Waals surface area contributed by atoms with Gasteiger partial charge in [-0.05, 0) is 38.7 Å². The van der Waals surface area contributed by atoms with Crippen molar-refractivity contribution in [3.8, 4) is 6.07 Å². The van der Waals surface area contributed by atoms with Crippen LogP contribution in [0.3, 0.4) is 0 Å². The number of allylic oxidation sites excluding steroid dienone is 6. The van der Waals surface area contributed by atoms with Crippen LogP contribution in [0.5, 0.6) is 0 Å². The lowest BCUT2D eigenvalue weighted by Crippen LogP contribution is -2.59.